The number of hydrogen-bond donors (Lipinski definition) is 0. The van der Waals surface area contributed by atoms with E-state index in [4.69, 9.17) is 18.5 Å². The highest BCUT2D eigenvalue weighted by Gasteiger charge is 2.20. The second-order valence-electron chi connectivity index (χ2n) is 15.7. The van der Waals surface area contributed by atoms with E-state index in [0.717, 1.165) is 70.6 Å². The maximum absolute atomic E-state index is 12.6. The quantitative estimate of drug-likeness (QED) is 0.0200. The molecule has 0 spiro atoms. The lowest BCUT2D eigenvalue weighted by Crippen LogP contribution is -2.37. The smallest absolute Gasteiger partial charge is 0.306 e. The Labute approximate surface area is 339 Å². The van der Waals surface area contributed by atoms with Crippen LogP contribution in [0.15, 0.2) is 60.8 Å². The summed E-state index contributed by atoms with van der Waals surface area (Å²) >= 11 is 0. The van der Waals surface area contributed by atoms with Crippen LogP contribution in [0.1, 0.15) is 168 Å². The maximum Gasteiger partial charge on any atom is 0.306 e. The molecule has 0 aromatic heterocycles. The minimum Gasteiger partial charge on any atom is -0.756 e. The number of phosphoric ester groups is 1. The molecule has 0 aliphatic heterocycles. The van der Waals surface area contributed by atoms with Crippen molar-refractivity contribution in [2.75, 3.05) is 54.1 Å². The van der Waals surface area contributed by atoms with Gasteiger partial charge in [-0.1, -0.05) is 152 Å². The van der Waals surface area contributed by atoms with Gasteiger partial charge in [-0.3, -0.25) is 9.36 Å². The molecule has 320 valence electrons. The summed E-state index contributed by atoms with van der Waals surface area (Å²) < 4.78 is 34.5. The second kappa shape index (κ2) is 39.0. The second-order valence-corrected chi connectivity index (χ2v) is 17.1. The number of phosphoric acid groups is 1. The van der Waals surface area contributed by atoms with Gasteiger partial charge in [-0.05, 0) is 70.6 Å². The first-order valence-corrected chi connectivity index (χ1v) is 23.5. The van der Waals surface area contributed by atoms with Crippen LogP contribution in [0.2, 0.25) is 0 Å². The van der Waals surface area contributed by atoms with Crippen molar-refractivity contribution in [1.82, 2.24) is 0 Å². The lowest BCUT2D eigenvalue weighted by atomic mass is 10.1. The van der Waals surface area contributed by atoms with Gasteiger partial charge >= 0.3 is 5.97 Å². The number of ether oxygens (including phenoxy) is 2. The van der Waals surface area contributed by atoms with Gasteiger partial charge in [-0.25, -0.2) is 0 Å². The van der Waals surface area contributed by atoms with E-state index in [1.54, 1.807) is 0 Å². The molecule has 0 aromatic carbocycles. The third-order valence-corrected chi connectivity index (χ3v) is 10.0. The number of rotatable bonds is 40. The molecule has 0 saturated heterocycles. The minimum absolute atomic E-state index is 0.0209. The molecule has 9 heteroatoms. The summed E-state index contributed by atoms with van der Waals surface area (Å²) in [6, 6.07) is 0. The number of hydrogen-bond acceptors (Lipinski definition) is 7. The van der Waals surface area contributed by atoms with Gasteiger partial charge in [0.1, 0.15) is 19.3 Å². The fourth-order valence-corrected chi connectivity index (χ4v) is 6.36. The first-order chi connectivity index (χ1) is 26.6. The molecule has 8 nitrogen and oxygen atoms in total. The fourth-order valence-electron chi connectivity index (χ4n) is 5.63. The molecule has 0 bridgehead atoms. The fraction of sp³-hybridized carbons (Fsp3) is 0.761. The van der Waals surface area contributed by atoms with Gasteiger partial charge in [0.15, 0.2) is 0 Å². The van der Waals surface area contributed by atoms with Gasteiger partial charge in [0.2, 0.25) is 0 Å². The average Bonchev–Trinajstić information content (AvgIpc) is 3.13. The van der Waals surface area contributed by atoms with Crippen molar-refractivity contribution in [3.05, 3.63) is 60.8 Å². The molecule has 0 saturated carbocycles. The highest BCUT2D eigenvalue weighted by atomic mass is 31.2. The molecule has 0 heterocycles. The molecule has 2 unspecified atom stereocenters. The lowest BCUT2D eigenvalue weighted by Gasteiger charge is -2.28. The largest absolute Gasteiger partial charge is 0.756 e. The van der Waals surface area contributed by atoms with Crippen molar-refractivity contribution in [1.29, 1.82) is 0 Å². The van der Waals surface area contributed by atoms with Crippen LogP contribution in [0.5, 0.6) is 0 Å². The summed E-state index contributed by atoms with van der Waals surface area (Å²) in [6.07, 6.45) is 48.1. The van der Waals surface area contributed by atoms with Gasteiger partial charge in [-0.15, -0.1) is 0 Å². The first-order valence-electron chi connectivity index (χ1n) is 22.0. The molecule has 0 aliphatic rings. The number of quaternary nitrogens is 1. The predicted molar refractivity (Wildman–Crippen MR) is 231 cm³/mol. The summed E-state index contributed by atoms with van der Waals surface area (Å²) in [7, 11) is 1.34. The molecule has 2 atom stereocenters. The summed E-state index contributed by atoms with van der Waals surface area (Å²) in [5, 5.41) is 0. The first kappa shape index (κ1) is 53.2. The van der Waals surface area contributed by atoms with E-state index in [2.05, 4.69) is 74.6 Å². The zero-order chi connectivity index (χ0) is 40.6. The molecule has 0 rings (SSSR count). The zero-order valence-corrected chi connectivity index (χ0v) is 37.0. The van der Waals surface area contributed by atoms with E-state index < -0.39 is 13.9 Å². The minimum atomic E-state index is -4.53. The topological polar surface area (TPSA) is 94.1 Å². The van der Waals surface area contributed by atoms with E-state index in [1.165, 1.54) is 77.0 Å². The Morgan fingerprint density at radius 2 is 1.05 bits per heavy atom. The van der Waals surface area contributed by atoms with Gasteiger partial charge < -0.3 is 27.9 Å². The van der Waals surface area contributed by atoms with Crippen LogP contribution in [0.25, 0.3) is 0 Å². The van der Waals surface area contributed by atoms with Crippen LogP contribution >= 0.6 is 7.82 Å². The Morgan fingerprint density at radius 3 is 1.60 bits per heavy atom. The van der Waals surface area contributed by atoms with Crippen molar-refractivity contribution in [3.8, 4) is 0 Å². The molecule has 0 aromatic rings. The summed E-state index contributed by atoms with van der Waals surface area (Å²) in [5.74, 6) is -0.350. The van der Waals surface area contributed by atoms with Crippen LogP contribution in [-0.4, -0.2) is 70.7 Å². The molecule has 0 amide bonds. The Kier molecular flexibility index (Phi) is 37.8. The summed E-state index contributed by atoms with van der Waals surface area (Å²) in [4.78, 5) is 25.0. The third kappa shape index (κ3) is 43.2. The van der Waals surface area contributed by atoms with Crippen LogP contribution in [0.3, 0.4) is 0 Å². The molecular weight excluding hydrogens is 709 g/mol. The predicted octanol–water partition coefficient (Wildman–Crippen LogP) is 12.3. The van der Waals surface area contributed by atoms with Crippen LogP contribution in [0, 0.1) is 0 Å². The molecule has 0 radical (unpaired) electrons. The molecule has 0 N–H and O–H groups in total. The van der Waals surface area contributed by atoms with E-state index >= 15 is 0 Å². The Hall–Kier alpha value is -1.80. The molecule has 0 aliphatic carbocycles. The number of allylic oxidation sites excluding steroid dienone is 10. The average molecular weight is 794 g/mol. The highest BCUT2D eigenvalue weighted by Crippen LogP contribution is 2.38. The number of nitrogens with zero attached hydrogens (tertiary/aromatic N) is 1. The van der Waals surface area contributed by atoms with E-state index in [-0.39, 0.29) is 25.8 Å². The van der Waals surface area contributed by atoms with Gasteiger partial charge in [0, 0.05) is 13.0 Å². The van der Waals surface area contributed by atoms with Crippen molar-refractivity contribution in [2.45, 2.75) is 174 Å². The van der Waals surface area contributed by atoms with E-state index in [9.17, 15) is 14.3 Å². The number of unbranched alkanes of at least 4 members (excludes halogenated alkanes) is 16. The Bertz CT molecular complexity index is 1060. The summed E-state index contributed by atoms with van der Waals surface area (Å²) in [5.41, 5.74) is 0. The van der Waals surface area contributed by atoms with Gasteiger partial charge in [0.25, 0.3) is 7.82 Å². The van der Waals surface area contributed by atoms with E-state index in [1.807, 2.05) is 21.1 Å². The van der Waals surface area contributed by atoms with Crippen LogP contribution < -0.4 is 4.89 Å². The zero-order valence-electron chi connectivity index (χ0n) is 36.1. The van der Waals surface area contributed by atoms with Crippen molar-refractivity contribution < 1.29 is 37.3 Å². The lowest BCUT2D eigenvalue weighted by molar-refractivity contribution is -0.870. The number of carbonyl (C=O) groups is 1. The van der Waals surface area contributed by atoms with Crippen molar-refractivity contribution >= 4 is 13.8 Å². The van der Waals surface area contributed by atoms with Crippen LogP contribution in [-0.2, 0) is 27.9 Å². The highest BCUT2D eigenvalue weighted by molar-refractivity contribution is 7.45. The standard InChI is InChI=1S/C46H84NO7P/c1-6-8-10-12-14-16-18-19-20-21-22-23-24-25-26-27-28-30-32-34-36-38-41-51-43-45(44-53-55(49,50)52-42-40-47(3,4)5)54-46(48)39-37-35-33-31-29-17-15-13-11-9-7-2/h8,10,13-16,19-20,22-23,45H,6-7,9,11-12,17-18,21,24-44H2,1-5H3/b10-8-,15-13-,16-14-,20-19-,23-22-. The van der Waals surface area contributed by atoms with Gasteiger partial charge in [0.05, 0.1) is 34.4 Å². The number of esters is 1. The third-order valence-electron chi connectivity index (χ3n) is 9.05. The Morgan fingerprint density at radius 1 is 0.582 bits per heavy atom. The van der Waals surface area contributed by atoms with Crippen molar-refractivity contribution in [3.63, 3.8) is 0 Å². The van der Waals surface area contributed by atoms with Crippen molar-refractivity contribution in [2.24, 2.45) is 0 Å². The molecular formula is C46H84NO7P. The molecule has 0 fully saturated rings. The van der Waals surface area contributed by atoms with Gasteiger partial charge in [-0.2, -0.15) is 0 Å². The normalized spacial score (nSPS) is 14.4. The summed E-state index contributed by atoms with van der Waals surface area (Å²) in [6.45, 7) is 5.22. The van der Waals surface area contributed by atoms with E-state index in [0.29, 0.717) is 24.1 Å². The monoisotopic (exact) mass is 794 g/mol. The maximum atomic E-state index is 12.6. The van der Waals surface area contributed by atoms with Crippen LogP contribution in [0.4, 0.5) is 0 Å². The Balaban J connectivity index is 4.17. The number of likely N-dealkylation sites (N-methyl/N-ethyl adjacent to an activating group) is 1. The number of carbonyl (C=O) groups excluding carboxylic acids is 1. The SMILES string of the molecule is CC/C=C\C/C=C\C/C=C\C/C=C\CCCCCCCCCCCOCC(COP(=O)([O-])OCC[N+](C)(C)C)OC(=O)CCCCCCC/C=C\CCCC. The molecule has 55 heavy (non-hydrogen) atoms.